The van der Waals surface area contributed by atoms with Crippen molar-refractivity contribution in [3.63, 3.8) is 0 Å². The summed E-state index contributed by atoms with van der Waals surface area (Å²) in [4.78, 5) is 36.7. The Kier molecular flexibility index (Phi) is 7.65. The van der Waals surface area contributed by atoms with Crippen LogP contribution in [0, 0.1) is 11.7 Å². The maximum Gasteiger partial charge on any atom is 0.339 e. The van der Waals surface area contributed by atoms with Gasteiger partial charge in [-0.15, -0.1) is 0 Å². The number of carboxylic acids is 1. The van der Waals surface area contributed by atoms with Gasteiger partial charge in [0, 0.05) is 12.5 Å². The summed E-state index contributed by atoms with van der Waals surface area (Å²) in [6, 6.07) is 3.24. The lowest BCUT2D eigenvalue weighted by Crippen LogP contribution is -2.33. The molecule has 2 aliphatic heterocycles. The van der Waals surface area contributed by atoms with E-state index >= 15 is 0 Å². The second kappa shape index (κ2) is 11.7. The van der Waals surface area contributed by atoms with Crippen LogP contribution >= 0.6 is 0 Å². The Morgan fingerprint density at radius 1 is 1.07 bits per heavy atom. The Hall–Kier alpha value is -4.66. The number of carbonyl (C=O) groups excluding carboxylic acids is 1. The van der Waals surface area contributed by atoms with Crippen molar-refractivity contribution in [2.45, 2.75) is 37.8 Å². The van der Waals surface area contributed by atoms with Gasteiger partial charge in [-0.25, -0.2) is 28.9 Å². The molecule has 6 rings (SSSR count). The number of nitrogens with one attached hydrogen (secondary N) is 2. The highest BCUT2D eigenvalue weighted by atomic mass is 19.1. The molecule has 2 fully saturated rings. The van der Waals surface area contributed by atoms with E-state index in [-0.39, 0.29) is 23.9 Å². The number of nitrogens with zero attached hydrogens (tertiary/aromatic N) is 4. The van der Waals surface area contributed by atoms with Crippen molar-refractivity contribution in [1.29, 1.82) is 0 Å². The van der Waals surface area contributed by atoms with Crippen molar-refractivity contribution in [1.82, 2.24) is 24.8 Å². The number of carboxylic acid groups (broad SMARTS) is 1. The number of halogens is 1. The van der Waals surface area contributed by atoms with Gasteiger partial charge in [-0.05, 0) is 19.1 Å². The fourth-order valence-electron chi connectivity index (χ4n) is 5.09. The molecule has 4 unspecified atom stereocenters. The van der Waals surface area contributed by atoms with Gasteiger partial charge in [0.1, 0.15) is 36.8 Å². The first-order chi connectivity index (χ1) is 20.4. The number of para-hydroxylation sites is 1. The van der Waals surface area contributed by atoms with Gasteiger partial charge in [-0.2, -0.15) is 0 Å². The van der Waals surface area contributed by atoms with E-state index < -0.39 is 54.4 Å². The van der Waals surface area contributed by atoms with Crippen LogP contribution in [-0.2, 0) is 14.2 Å². The summed E-state index contributed by atoms with van der Waals surface area (Å²) < 4.78 is 41.0. The summed E-state index contributed by atoms with van der Waals surface area (Å²) in [6.07, 6.45) is 10.7. The molecule has 42 heavy (non-hydrogen) atoms. The number of ether oxygens (including phenoxy) is 4. The molecule has 0 radical (unpaired) electrons. The van der Waals surface area contributed by atoms with Crippen molar-refractivity contribution >= 4 is 29.0 Å². The lowest BCUT2D eigenvalue weighted by Gasteiger charge is -2.23. The van der Waals surface area contributed by atoms with Gasteiger partial charge < -0.3 is 29.4 Å². The Bertz CT molecular complexity index is 1570. The van der Waals surface area contributed by atoms with Gasteiger partial charge in [0.25, 0.3) is 0 Å². The fourth-order valence-corrected chi connectivity index (χ4v) is 5.09. The van der Waals surface area contributed by atoms with Gasteiger partial charge in [0.2, 0.25) is 0 Å². The Labute approximate surface area is 238 Å². The first kappa shape index (κ1) is 27.5. The molecule has 2 aromatic heterocycles. The number of carbonyl (C=O) groups is 2. The standard InChI is InChI=1S/C28H27FN6O7/c1-2-30-28(38)34-23-19-24(32-13-31-23)35(14-33-19)25-22-21(41-27(42-22)15-8-5-3-4-6-9-15)18(40-25)12-39-20-16(26(36)37)10-7-11-17(20)29/h3-11,13-15,18,21-22,25,27H,2,12H2,1H3,(H,36,37)(H2,30,31,32,34,38)/t18?,21?,22?,25?,27-/m0/s1. The maximum absolute atomic E-state index is 14.6. The number of aromatic nitrogens is 4. The smallest absolute Gasteiger partial charge is 0.339 e. The number of fused-ring (bicyclic) bond motifs is 2. The van der Waals surface area contributed by atoms with E-state index in [1.807, 2.05) is 36.5 Å². The van der Waals surface area contributed by atoms with Gasteiger partial charge in [0.15, 0.2) is 41.1 Å². The number of urea groups is 1. The van der Waals surface area contributed by atoms with Crippen LogP contribution in [0.1, 0.15) is 23.5 Å². The largest absolute Gasteiger partial charge is 0.487 e. The summed E-state index contributed by atoms with van der Waals surface area (Å²) in [6.45, 7) is 2.00. The molecule has 4 heterocycles. The Morgan fingerprint density at radius 2 is 1.86 bits per heavy atom. The molecule has 2 saturated heterocycles. The average Bonchev–Trinajstić information content (AvgIpc) is 3.61. The summed E-state index contributed by atoms with van der Waals surface area (Å²) in [5.41, 5.74) is 0.389. The minimum absolute atomic E-state index is 0.201. The van der Waals surface area contributed by atoms with Crippen LogP contribution in [0.3, 0.4) is 0 Å². The van der Waals surface area contributed by atoms with Crippen LogP contribution in [0.25, 0.3) is 11.2 Å². The van der Waals surface area contributed by atoms with Crippen LogP contribution in [0.4, 0.5) is 15.0 Å². The van der Waals surface area contributed by atoms with Crippen molar-refractivity contribution < 1.29 is 38.0 Å². The zero-order valence-corrected chi connectivity index (χ0v) is 22.3. The van der Waals surface area contributed by atoms with E-state index in [1.165, 1.54) is 24.8 Å². The lowest BCUT2D eigenvalue weighted by molar-refractivity contribution is -0.157. The Morgan fingerprint density at radius 3 is 2.62 bits per heavy atom. The van der Waals surface area contributed by atoms with Crippen LogP contribution in [-0.4, -0.2) is 74.4 Å². The zero-order chi connectivity index (χ0) is 29.2. The first-order valence-electron chi connectivity index (χ1n) is 13.3. The number of aromatic carboxylic acids is 1. The third-order valence-electron chi connectivity index (χ3n) is 6.97. The minimum Gasteiger partial charge on any atom is -0.487 e. The molecule has 14 heteroatoms. The fraction of sp³-hybridized carbons (Fsp3) is 0.321. The predicted octanol–water partition coefficient (Wildman–Crippen LogP) is 3.19. The molecule has 5 atom stereocenters. The van der Waals surface area contributed by atoms with Crippen molar-refractivity contribution in [2.75, 3.05) is 18.5 Å². The number of rotatable bonds is 8. The van der Waals surface area contributed by atoms with E-state index in [1.54, 1.807) is 11.5 Å². The summed E-state index contributed by atoms with van der Waals surface area (Å²) in [7, 11) is 0. The third kappa shape index (κ3) is 5.22. The minimum atomic E-state index is -1.32. The van der Waals surface area contributed by atoms with Crippen LogP contribution in [0.5, 0.6) is 5.75 Å². The molecule has 1 aromatic carbocycles. The van der Waals surface area contributed by atoms with E-state index in [2.05, 4.69) is 25.6 Å². The van der Waals surface area contributed by atoms with Gasteiger partial charge in [-0.3, -0.25) is 9.88 Å². The van der Waals surface area contributed by atoms with Crippen LogP contribution in [0.2, 0.25) is 0 Å². The van der Waals surface area contributed by atoms with Crippen LogP contribution < -0.4 is 15.4 Å². The van der Waals surface area contributed by atoms with Crippen molar-refractivity contribution in [3.8, 4) is 5.75 Å². The predicted molar refractivity (Wildman–Crippen MR) is 145 cm³/mol. The second-order valence-electron chi connectivity index (χ2n) is 9.63. The molecule has 2 amide bonds. The van der Waals surface area contributed by atoms with E-state index in [4.69, 9.17) is 18.9 Å². The molecule has 218 valence electrons. The highest BCUT2D eigenvalue weighted by molar-refractivity contribution is 5.95. The zero-order valence-electron chi connectivity index (χ0n) is 22.3. The highest BCUT2D eigenvalue weighted by Crippen LogP contribution is 2.43. The number of hydrogen-bond acceptors (Lipinski definition) is 9. The normalized spacial score (nSPS) is 25.0. The number of allylic oxidation sites excluding steroid dienone is 4. The average molecular weight is 579 g/mol. The van der Waals surface area contributed by atoms with Crippen molar-refractivity contribution in [3.05, 3.63) is 78.7 Å². The molecule has 1 aliphatic carbocycles. The van der Waals surface area contributed by atoms with Gasteiger partial charge >= 0.3 is 12.0 Å². The van der Waals surface area contributed by atoms with E-state index in [9.17, 15) is 19.1 Å². The molecule has 0 saturated carbocycles. The molecule has 0 bridgehead atoms. The summed E-state index contributed by atoms with van der Waals surface area (Å²) in [5, 5.41) is 14.8. The highest BCUT2D eigenvalue weighted by Gasteiger charge is 2.55. The number of anilines is 1. The summed E-state index contributed by atoms with van der Waals surface area (Å²) >= 11 is 0. The lowest BCUT2D eigenvalue weighted by atomic mass is 10.1. The molecule has 13 nitrogen and oxygen atoms in total. The quantitative estimate of drug-likeness (QED) is 0.362. The maximum atomic E-state index is 14.6. The van der Waals surface area contributed by atoms with Crippen molar-refractivity contribution in [2.24, 2.45) is 5.92 Å². The number of benzene rings is 1. The summed E-state index contributed by atoms with van der Waals surface area (Å²) in [5.74, 6) is -2.52. The molecular weight excluding hydrogens is 551 g/mol. The van der Waals surface area contributed by atoms with E-state index in [0.29, 0.717) is 17.7 Å². The van der Waals surface area contributed by atoms with E-state index in [0.717, 1.165) is 6.07 Å². The monoisotopic (exact) mass is 578 g/mol. The SMILES string of the molecule is CCNC(=O)Nc1ncnc2c1ncn2C1OC(COc2c(F)cccc2C(=O)O)C2O[C@H](C3C=CC=CC=C3)OC21. The first-order valence-corrected chi connectivity index (χ1v) is 13.3. The molecular formula is C28H27FN6O7. The van der Waals surface area contributed by atoms with Gasteiger partial charge in [0.05, 0.1) is 6.33 Å². The second-order valence-corrected chi connectivity index (χ2v) is 9.63. The molecule has 3 aromatic rings. The number of amides is 2. The molecule has 3 N–H and O–H groups in total. The van der Waals surface area contributed by atoms with Gasteiger partial charge in [-0.1, -0.05) is 42.5 Å². The molecule has 0 spiro atoms. The third-order valence-corrected chi connectivity index (χ3v) is 6.97. The number of hydrogen-bond donors (Lipinski definition) is 3. The topological polar surface area (TPSA) is 159 Å². The number of imidazole rings is 1. The molecule has 3 aliphatic rings. The Balaban J connectivity index is 1.30. The van der Waals surface area contributed by atoms with Crippen LogP contribution in [0.15, 0.2) is 67.3 Å².